The molecule has 112 valence electrons. The first kappa shape index (κ1) is 14.1. The summed E-state index contributed by atoms with van der Waals surface area (Å²) < 4.78 is 7.76. The highest BCUT2D eigenvalue weighted by Gasteiger charge is 2.25. The van der Waals surface area contributed by atoms with Gasteiger partial charge in [-0.15, -0.1) is 0 Å². The normalized spacial score (nSPS) is 22.8. The van der Waals surface area contributed by atoms with Gasteiger partial charge in [0.2, 0.25) is 0 Å². The van der Waals surface area contributed by atoms with Gasteiger partial charge in [-0.05, 0) is 51.5 Å². The lowest BCUT2D eigenvalue weighted by atomic mass is 9.98. The van der Waals surface area contributed by atoms with Crippen molar-refractivity contribution in [3.05, 3.63) is 17.2 Å². The quantitative estimate of drug-likeness (QED) is 0.839. The number of hydrogen-bond donors (Lipinski definition) is 1. The number of methoxy groups -OCH3 is 1. The second-order valence-electron chi connectivity index (χ2n) is 6.11. The number of hydrogen-bond acceptors (Lipinski definition) is 3. The third kappa shape index (κ3) is 2.91. The summed E-state index contributed by atoms with van der Waals surface area (Å²) in [6, 6.07) is 0. The van der Waals surface area contributed by atoms with Gasteiger partial charge in [-0.3, -0.25) is 0 Å². The van der Waals surface area contributed by atoms with E-state index in [1.165, 1.54) is 62.3 Å². The van der Waals surface area contributed by atoms with Gasteiger partial charge in [0.05, 0.1) is 5.69 Å². The molecule has 1 fully saturated rings. The molecule has 0 radical (unpaired) electrons. The van der Waals surface area contributed by atoms with Crippen LogP contribution in [0.25, 0.3) is 0 Å². The summed E-state index contributed by atoms with van der Waals surface area (Å²) >= 11 is 0. The third-order valence-corrected chi connectivity index (χ3v) is 4.65. The van der Waals surface area contributed by atoms with Gasteiger partial charge in [0.15, 0.2) is 0 Å². The van der Waals surface area contributed by atoms with Crippen LogP contribution in [0.3, 0.4) is 0 Å². The average Bonchev–Trinajstić information content (AvgIpc) is 2.87. The fraction of sp³-hybridized carbons (Fsp3) is 0.812. The summed E-state index contributed by atoms with van der Waals surface area (Å²) in [4.78, 5) is 5.04. The van der Waals surface area contributed by atoms with Gasteiger partial charge >= 0.3 is 0 Å². The lowest BCUT2D eigenvalue weighted by Crippen LogP contribution is -2.30. The summed E-state index contributed by atoms with van der Waals surface area (Å²) in [6.07, 6.45) is 8.69. The van der Waals surface area contributed by atoms with Crippen LogP contribution in [0.5, 0.6) is 0 Å². The van der Waals surface area contributed by atoms with Crippen LogP contribution < -0.4 is 5.32 Å². The van der Waals surface area contributed by atoms with E-state index >= 15 is 0 Å². The van der Waals surface area contributed by atoms with E-state index in [0.717, 1.165) is 26.1 Å². The van der Waals surface area contributed by atoms with E-state index < -0.39 is 0 Å². The number of rotatable bonds is 5. The largest absolute Gasteiger partial charge is 0.385 e. The molecule has 0 amide bonds. The zero-order valence-corrected chi connectivity index (χ0v) is 12.7. The van der Waals surface area contributed by atoms with Crippen LogP contribution in [-0.2, 0) is 24.1 Å². The first-order valence-corrected chi connectivity index (χ1v) is 8.18. The van der Waals surface area contributed by atoms with Gasteiger partial charge in [0, 0.05) is 38.4 Å². The molecule has 4 heteroatoms. The van der Waals surface area contributed by atoms with Crippen molar-refractivity contribution < 1.29 is 4.74 Å². The van der Waals surface area contributed by atoms with E-state index in [2.05, 4.69) is 9.88 Å². The van der Waals surface area contributed by atoms with Crippen LogP contribution in [0.2, 0.25) is 0 Å². The predicted octanol–water partition coefficient (Wildman–Crippen LogP) is 2.27. The molecule has 3 rings (SSSR count). The summed E-state index contributed by atoms with van der Waals surface area (Å²) in [5.74, 6) is 1.96. The number of piperidine rings is 1. The molecule has 0 spiro atoms. The number of aryl methyl sites for hydroxylation is 1. The Balaban J connectivity index is 1.84. The Hall–Kier alpha value is -0.870. The molecule has 2 aliphatic rings. The van der Waals surface area contributed by atoms with Crippen molar-refractivity contribution in [1.82, 2.24) is 14.9 Å². The van der Waals surface area contributed by atoms with Gasteiger partial charge < -0.3 is 14.6 Å². The summed E-state index contributed by atoms with van der Waals surface area (Å²) in [7, 11) is 1.79. The molecule has 1 saturated heterocycles. The molecule has 1 aliphatic carbocycles. The lowest BCUT2D eigenvalue weighted by Gasteiger charge is -2.24. The van der Waals surface area contributed by atoms with E-state index in [1.54, 1.807) is 7.11 Å². The van der Waals surface area contributed by atoms with Crippen molar-refractivity contribution in [3.8, 4) is 0 Å². The molecule has 20 heavy (non-hydrogen) atoms. The zero-order chi connectivity index (χ0) is 13.8. The minimum Gasteiger partial charge on any atom is -0.385 e. The fourth-order valence-corrected chi connectivity index (χ4v) is 3.62. The highest BCUT2D eigenvalue weighted by Crippen LogP contribution is 2.29. The van der Waals surface area contributed by atoms with Crippen molar-refractivity contribution >= 4 is 0 Å². The summed E-state index contributed by atoms with van der Waals surface area (Å²) in [6.45, 7) is 4.18. The molecule has 2 heterocycles. The fourth-order valence-electron chi connectivity index (χ4n) is 3.62. The molecule has 4 nitrogen and oxygen atoms in total. The molecule has 1 aromatic heterocycles. The van der Waals surface area contributed by atoms with Crippen LogP contribution in [0, 0.1) is 0 Å². The van der Waals surface area contributed by atoms with E-state index in [4.69, 9.17) is 9.72 Å². The Morgan fingerprint density at radius 3 is 3.00 bits per heavy atom. The average molecular weight is 277 g/mol. The van der Waals surface area contributed by atoms with E-state index in [9.17, 15) is 0 Å². The summed E-state index contributed by atoms with van der Waals surface area (Å²) in [5.41, 5.74) is 2.90. The van der Waals surface area contributed by atoms with Crippen LogP contribution >= 0.6 is 0 Å². The maximum atomic E-state index is 5.22. The van der Waals surface area contributed by atoms with E-state index in [-0.39, 0.29) is 0 Å². The smallest absolute Gasteiger partial charge is 0.113 e. The maximum Gasteiger partial charge on any atom is 0.113 e. The van der Waals surface area contributed by atoms with Crippen molar-refractivity contribution in [2.75, 3.05) is 26.8 Å². The van der Waals surface area contributed by atoms with Gasteiger partial charge in [0.1, 0.15) is 5.82 Å². The number of ether oxygens (including phenoxy) is 1. The summed E-state index contributed by atoms with van der Waals surface area (Å²) in [5, 5.41) is 3.53. The molecular formula is C16H27N3O. The maximum absolute atomic E-state index is 5.22. The van der Waals surface area contributed by atoms with Crippen LogP contribution in [0.4, 0.5) is 0 Å². The molecule has 1 atom stereocenters. The molecule has 1 unspecified atom stereocenters. The minimum atomic E-state index is 0.608. The monoisotopic (exact) mass is 277 g/mol. The van der Waals surface area contributed by atoms with Crippen LogP contribution in [0.15, 0.2) is 0 Å². The second kappa shape index (κ2) is 6.72. The number of fused-ring (bicyclic) bond motifs is 1. The standard InChI is InChI=1S/C16H27N3O/c1-20-11-5-10-19-15-8-3-2-7-14(15)18-16(19)13-6-4-9-17-12-13/h13,17H,2-12H2,1H3. The second-order valence-corrected chi connectivity index (χ2v) is 6.11. The zero-order valence-electron chi connectivity index (χ0n) is 12.7. The van der Waals surface area contributed by atoms with E-state index in [1.807, 2.05) is 0 Å². The third-order valence-electron chi connectivity index (χ3n) is 4.65. The number of aromatic nitrogens is 2. The molecule has 1 aromatic rings. The van der Waals surface area contributed by atoms with Gasteiger partial charge in [-0.25, -0.2) is 4.98 Å². The predicted molar refractivity (Wildman–Crippen MR) is 80.2 cm³/mol. The Kier molecular flexibility index (Phi) is 4.73. The van der Waals surface area contributed by atoms with Crippen molar-refractivity contribution in [2.24, 2.45) is 0 Å². The number of imidazole rings is 1. The molecular weight excluding hydrogens is 250 g/mol. The molecule has 0 saturated carbocycles. The Bertz CT molecular complexity index is 435. The Morgan fingerprint density at radius 1 is 1.30 bits per heavy atom. The van der Waals surface area contributed by atoms with Crippen molar-refractivity contribution in [3.63, 3.8) is 0 Å². The topological polar surface area (TPSA) is 39.1 Å². The number of nitrogens with one attached hydrogen (secondary N) is 1. The molecule has 1 aliphatic heterocycles. The molecule has 0 aromatic carbocycles. The van der Waals surface area contributed by atoms with Crippen LogP contribution in [-0.4, -0.2) is 36.4 Å². The first-order chi connectivity index (χ1) is 9.90. The lowest BCUT2D eigenvalue weighted by molar-refractivity contribution is 0.189. The van der Waals surface area contributed by atoms with Crippen molar-refractivity contribution in [2.45, 2.75) is 57.4 Å². The van der Waals surface area contributed by atoms with Crippen molar-refractivity contribution in [1.29, 1.82) is 0 Å². The number of nitrogens with zero attached hydrogens (tertiary/aromatic N) is 2. The SMILES string of the molecule is COCCCn1c(C2CCCNC2)nc2c1CCCC2. The van der Waals surface area contributed by atoms with Gasteiger partial charge in [0.25, 0.3) is 0 Å². The van der Waals surface area contributed by atoms with E-state index in [0.29, 0.717) is 5.92 Å². The Labute approximate surface area is 121 Å². The van der Waals surface area contributed by atoms with Gasteiger partial charge in [-0.1, -0.05) is 0 Å². The minimum absolute atomic E-state index is 0.608. The highest BCUT2D eigenvalue weighted by molar-refractivity contribution is 5.22. The molecule has 0 bridgehead atoms. The highest BCUT2D eigenvalue weighted by atomic mass is 16.5. The molecule has 1 N–H and O–H groups in total. The van der Waals surface area contributed by atoms with Gasteiger partial charge in [-0.2, -0.15) is 0 Å². The van der Waals surface area contributed by atoms with Crippen LogP contribution in [0.1, 0.15) is 55.2 Å². The first-order valence-electron chi connectivity index (χ1n) is 8.18. The Morgan fingerprint density at radius 2 is 2.20 bits per heavy atom.